The highest BCUT2D eigenvalue weighted by atomic mass is 32.2. The molecule has 13 heteroatoms. The van der Waals surface area contributed by atoms with Gasteiger partial charge in [0.2, 0.25) is 0 Å². The molecule has 12 nitrogen and oxygen atoms in total. The minimum atomic E-state index is -3.67. The van der Waals surface area contributed by atoms with Crippen LogP contribution in [0.25, 0.3) is 0 Å². The summed E-state index contributed by atoms with van der Waals surface area (Å²) >= 11 is 0. The molecule has 0 unspecified atom stereocenters. The maximum atomic E-state index is 12.2. The molecule has 2 aromatic carbocycles. The Morgan fingerprint density at radius 3 is 2.09 bits per heavy atom. The molecule has 0 spiro atoms. The molecule has 0 aliphatic heterocycles. The van der Waals surface area contributed by atoms with Crippen molar-refractivity contribution < 1.29 is 41.6 Å². The van der Waals surface area contributed by atoms with Gasteiger partial charge in [-0.2, -0.15) is 8.42 Å². The molecule has 0 radical (unpaired) electrons. The number of anilines is 1. The normalized spacial score (nSPS) is 11.2. The van der Waals surface area contributed by atoms with E-state index in [1.54, 1.807) is 62.4 Å². The summed E-state index contributed by atoms with van der Waals surface area (Å²) in [6.07, 6.45) is 0.715. The first-order chi connectivity index (χ1) is 16.3. The first kappa shape index (κ1) is 29.1. The number of benzene rings is 2. The van der Waals surface area contributed by atoms with Gasteiger partial charge in [0.15, 0.2) is 12.6 Å². The number of esters is 3. The van der Waals surface area contributed by atoms with Crippen molar-refractivity contribution in [2.45, 2.75) is 19.8 Å². The van der Waals surface area contributed by atoms with Crippen LogP contribution >= 0.6 is 0 Å². The summed E-state index contributed by atoms with van der Waals surface area (Å²) in [7, 11) is -3.67. The van der Waals surface area contributed by atoms with Crippen LogP contribution in [0.15, 0.2) is 48.5 Å². The van der Waals surface area contributed by atoms with Crippen LogP contribution in [0.4, 0.5) is 5.69 Å². The maximum absolute atomic E-state index is 12.2. The Morgan fingerprint density at radius 2 is 1.60 bits per heavy atom. The Labute approximate surface area is 202 Å². The van der Waals surface area contributed by atoms with E-state index in [4.69, 9.17) is 29.9 Å². The van der Waals surface area contributed by atoms with Gasteiger partial charge >= 0.3 is 17.9 Å². The first-order valence-corrected chi connectivity index (χ1v) is 11.9. The van der Waals surface area contributed by atoms with Crippen LogP contribution in [-0.4, -0.2) is 56.3 Å². The predicted molar refractivity (Wildman–Crippen MR) is 127 cm³/mol. The minimum absolute atomic E-state index is 0.204. The molecular weight excluding hydrogens is 482 g/mol. The molecule has 0 bridgehead atoms. The van der Waals surface area contributed by atoms with Crippen LogP contribution in [0.5, 0.6) is 5.75 Å². The van der Waals surface area contributed by atoms with Gasteiger partial charge in [-0.15, -0.1) is 0 Å². The van der Waals surface area contributed by atoms with Crippen LogP contribution in [0.2, 0.25) is 0 Å². The molecule has 190 valence electrons. The van der Waals surface area contributed by atoms with Crippen molar-refractivity contribution in [2.75, 3.05) is 24.8 Å². The molecule has 35 heavy (non-hydrogen) atoms. The summed E-state index contributed by atoms with van der Waals surface area (Å²) in [6.45, 7) is 3.09. The Balaban J connectivity index is 0.00000111. The number of nitrogens with two attached hydrogens (primary N) is 1. The van der Waals surface area contributed by atoms with Crippen LogP contribution in [0, 0.1) is 5.41 Å². The Kier molecular flexibility index (Phi) is 11.3. The number of carbonyl (C=O) groups excluding carboxylic acids is 3. The van der Waals surface area contributed by atoms with Gasteiger partial charge in [-0.3, -0.25) is 14.8 Å². The summed E-state index contributed by atoms with van der Waals surface area (Å²) in [5.74, 6) is -2.23. The number of ether oxygens (including phenoxy) is 3. The minimum Gasteiger partial charge on any atom is -0.463 e. The Morgan fingerprint density at radius 1 is 1.06 bits per heavy atom. The van der Waals surface area contributed by atoms with Crippen LogP contribution < -0.4 is 15.8 Å². The molecular formula is C22H27N3O9S. The highest BCUT2D eigenvalue weighted by molar-refractivity contribution is 7.85. The second-order valence-electron chi connectivity index (χ2n) is 6.94. The summed E-state index contributed by atoms with van der Waals surface area (Å²) < 4.78 is 40.8. The third-order valence-electron chi connectivity index (χ3n) is 3.98. The van der Waals surface area contributed by atoms with E-state index in [-0.39, 0.29) is 12.6 Å². The topological polar surface area (TPSA) is 195 Å². The molecule has 5 N–H and O–H groups in total. The average molecular weight is 510 g/mol. The van der Waals surface area contributed by atoms with E-state index in [1.165, 1.54) is 0 Å². The van der Waals surface area contributed by atoms with Gasteiger partial charge in [-0.25, -0.2) is 9.59 Å². The lowest BCUT2D eigenvalue weighted by Crippen LogP contribution is -2.20. The molecule has 0 aromatic heterocycles. The fourth-order valence-electron chi connectivity index (χ4n) is 2.43. The monoisotopic (exact) mass is 509 g/mol. The van der Waals surface area contributed by atoms with Crippen molar-refractivity contribution >= 4 is 39.7 Å². The van der Waals surface area contributed by atoms with Crippen molar-refractivity contribution in [1.29, 1.82) is 5.41 Å². The van der Waals surface area contributed by atoms with E-state index in [2.05, 4.69) is 5.32 Å². The summed E-state index contributed by atoms with van der Waals surface area (Å²) in [5.41, 5.74) is 6.79. The molecule has 0 amide bonds. The van der Waals surface area contributed by atoms with E-state index in [0.717, 1.165) is 0 Å². The lowest BCUT2D eigenvalue weighted by atomic mass is 10.0. The second-order valence-corrected chi connectivity index (χ2v) is 8.41. The van der Waals surface area contributed by atoms with Crippen molar-refractivity contribution in [3.05, 3.63) is 59.7 Å². The van der Waals surface area contributed by atoms with E-state index < -0.39 is 40.6 Å². The van der Waals surface area contributed by atoms with Crippen LogP contribution in [0.3, 0.4) is 0 Å². The number of rotatable bonds is 8. The van der Waals surface area contributed by atoms with Gasteiger partial charge in [-0.1, -0.05) is 12.1 Å². The molecule has 0 heterocycles. The van der Waals surface area contributed by atoms with Gasteiger partial charge in [-0.05, 0) is 55.8 Å². The quantitative estimate of drug-likeness (QED) is 0.133. The average Bonchev–Trinajstić information content (AvgIpc) is 2.76. The fourth-order valence-corrected chi connectivity index (χ4v) is 2.43. The first-order valence-electron chi connectivity index (χ1n) is 10.1. The van der Waals surface area contributed by atoms with E-state index >= 15 is 0 Å². The summed E-state index contributed by atoms with van der Waals surface area (Å²) in [4.78, 5) is 35.6. The second kappa shape index (κ2) is 13.7. The van der Waals surface area contributed by atoms with Gasteiger partial charge < -0.3 is 25.3 Å². The highest BCUT2D eigenvalue weighted by Gasteiger charge is 2.19. The SMILES string of the molecule is CCOC(=O)COC(=O)[C@H](C)c1ccc(OC(=O)c2ccc(NC(=N)N)cc2)cc1.CS(=O)(=O)O. The lowest BCUT2D eigenvalue weighted by Gasteiger charge is -2.12. The fraction of sp³-hybridized carbons (Fsp3) is 0.273. The van der Waals surface area contributed by atoms with Gasteiger partial charge in [0.25, 0.3) is 10.1 Å². The van der Waals surface area contributed by atoms with Crippen molar-refractivity contribution in [3.63, 3.8) is 0 Å². The molecule has 0 aliphatic rings. The molecule has 0 saturated heterocycles. The van der Waals surface area contributed by atoms with Crippen LogP contribution in [0.1, 0.15) is 35.7 Å². The molecule has 1 atom stereocenters. The number of hydrogen-bond acceptors (Lipinski definition) is 9. The number of nitrogens with one attached hydrogen (secondary N) is 2. The largest absolute Gasteiger partial charge is 0.463 e. The number of guanidine groups is 1. The molecule has 2 aromatic rings. The molecule has 2 rings (SSSR count). The van der Waals surface area contributed by atoms with Gasteiger partial charge in [0.1, 0.15) is 5.75 Å². The van der Waals surface area contributed by atoms with Crippen molar-refractivity contribution in [2.24, 2.45) is 5.73 Å². The van der Waals surface area contributed by atoms with E-state index in [9.17, 15) is 22.8 Å². The van der Waals surface area contributed by atoms with E-state index in [1.807, 2.05) is 0 Å². The van der Waals surface area contributed by atoms with E-state index in [0.29, 0.717) is 28.8 Å². The zero-order valence-corrected chi connectivity index (χ0v) is 20.1. The number of carbonyl (C=O) groups is 3. The van der Waals surface area contributed by atoms with Crippen molar-refractivity contribution in [1.82, 2.24) is 0 Å². The van der Waals surface area contributed by atoms with Gasteiger partial charge in [0, 0.05) is 5.69 Å². The third kappa shape index (κ3) is 12.2. The third-order valence-corrected chi connectivity index (χ3v) is 3.98. The Bertz CT molecular complexity index is 1120. The zero-order valence-electron chi connectivity index (χ0n) is 19.3. The standard InChI is InChI=1S/C21H23N3O6.CH4O3S/c1-3-28-18(25)12-29-19(26)13(2)14-6-10-17(11-7-14)30-20(27)15-4-8-16(9-5-15)24-21(22)23;1-5(2,3)4/h4-11,13H,3,12H2,1-2H3,(H4,22,23,24);1H3,(H,2,3,4)/t13-;/m1./s1. The predicted octanol–water partition coefficient (Wildman–Crippen LogP) is 1.92. The Hall–Kier alpha value is -3.97. The molecule has 0 saturated carbocycles. The maximum Gasteiger partial charge on any atom is 0.344 e. The number of hydrogen-bond donors (Lipinski definition) is 4. The zero-order chi connectivity index (χ0) is 26.6. The van der Waals surface area contributed by atoms with Gasteiger partial charge in [0.05, 0.1) is 24.3 Å². The molecule has 0 aliphatic carbocycles. The smallest absolute Gasteiger partial charge is 0.344 e. The molecule has 0 fully saturated rings. The van der Waals surface area contributed by atoms with Crippen LogP contribution in [-0.2, 0) is 29.2 Å². The summed E-state index contributed by atoms with van der Waals surface area (Å²) in [6, 6.07) is 12.7. The lowest BCUT2D eigenvalue weighted by molar-refractivity contribution is -0.159. The van der Waals surface area contributed by atoms with Crippen molar-refractivity contribution in [3.8, 4) is 5.75 Å². The summed E-state index contributed by atoms with van der Waals surface area (Å²) in [5, 5.41) is 9.79. The highest BCUT2D eigenvalue weighted by Crippen LogP contribution is 2.21.